The highest BCUT2D eigenvalue weighted by Gasteiger charge is 2.13. The summed E-state index contributed by atoms with van der Waals surface area (Å²) in [6, 6.07) is 16.2. The van der Waals surface area contributed by atoms with Crippen molar-refractivity contribution in [1.29, 1.82) is 5.26 Å². The van der Waals surface area contributed by atoms with E-state index in [0.29, 0.717) is 27.1 Å². The number of hydrogen-bond donors (Lipinski definition) is 1. The average Bonchev–Trinajstić information content (AvgIpc) is 3.03. The van der Waals surface area contributed by atoms with Crippen LogP contribution in [0.1, 0.15) is 23.7 Å². The van der Waals surface area contributed by atoms with Gasteiger partial charge < -0.3 is 10.1 Å². The topological polar surface area (TPSA) is 75.0 Å². The zero-order chi connectivity index (χ0) is 19.2. The van der Waals surface area contributed by atoms with Crippen LogP contribution >= 0.6 is 23.1 Å². The first-order valence-electron chi connectivity index (χ1n) is 8.30. The predicted molar refractivity (Wildman–Crippen MR) is 107 cm³/mol. The summed E-state index contributed by atoms with van der Waals surface area (Å²) >= 11 is 7.38. The number of hydrogen-bond acceptors (Lipinski definition) is 5. The number of ether oxygens (including phenoxy) is 1. The van der Waals surface area contributed by atoms with Crippen molar-refractivity contribution in [2.75, 3.05) is 5.32 Å². The van der Waals surface area contributed by atoms with Crippen LogP contribution in [0.15, 0.2) is 48.5 Å². The predicted octanol–water partition coefficient (Wildman–Crippen LogP) is 5.20. The maximum atomic E-state index is 12.2. The molecule has 0 spiro atoms. The van der Waals surface area contributed by atoms with E-state index in [0.717, 1.165) is 17.7 Å². The molecule has 2 aromatic carbocycles. The van der Waals surface area contributed by atoms with E-state index in [-0.39, 0.29) is 12.3 Å². The normalized spacial score (nSPS) is 10.3. The van der Waals surface area contributed by atoms with Crippen LogP contribution in [0.4, 0.5) is 5.00 Å². The van der Waals surface area contributed by atoms with E-state index in [2.05, 4.69) is 15.8 Å². The zero-order valence-electron chi connectivity index (χ0n) is 14.5. The third kappa shape index (κ3) is 4.85. The van der Waals surface area contributed by atoms with E-state index in [1.807, 2.05) is 19.1 Å². The van der Waals surface area contributed by atoms with Gasteiger partial charge in [-0.1, -0.05) is 30.7 Å². The number of nitrogens with zero attached hydrogens (tertiary/aromatic N) is 2. The molecule has 136 valence electrons. The molecule has 0 radical (unpaired) electrons. The standard InChI is InChI=1S/C20H16ClN3O2S/c1-2-17-19(21)20(27-24-17)23-18(25)11-13-3-7-15(8-4-13)26-16-9-5-14(12-22)6-10-16/h3-10H,2,11H2,1H3,(H,23,25). The first kappa shape index (κ1) is 18.9. The number of aromatic nitrogens is 1. The number of nitriles is 1. The number of amides is 1. The molecule has 1 aromatic heterocycles. The molecule has 1 amide bonds. The molecule has 0 saturated heterocycles. The Balaban J connectivity index is 1.58. The molecule has 0 aliphatic carbocycles. The van der Waals surface area contributed by atoms with Gasteiger partial charge in [-0.15, -0.1) is 0 Å². The van der Waals surface area contributed by atoms with Gasteiger partial charge in [0, 0.05) is 0 Å². The second-order valence-corrected chi connectivity index (χ2v) is 6.88. The smallest absolute Gasteiger partial charge is 0.229 e. The highest BCUT2D eigenvalue weighted by atomic mass is 35.5. The minimum atomic E-state index is -0.149. The third-order valence-corrected chi connectivity index (χ3v) is 5.11. The number of nitrogens with one attached hydrogen (secondary N) is 1. The fourth-order valence-electron chi connectivity index (χ4n) is 2.37. The molecule has 0 bridgehead atoms. The number of rotatable bonds is 6. The SMILES string of the molecule is CCc1nsc(NC(=O)Cc2ccc(Oc3ccc(C#N)cc3)cc2)c1Cl. The summed E-state index contributed by atoms with van der Waals surface area (Å²) in [7, 11) is 0. The van der Waals surface area contributed by atoms with E-state index in [9.17, 15) is 4.79 Å². The van der Waals surface area contributed by atoms with Gasteiger partial charge >= 0.3 is 0 Å². The highest BCUT2D eigenvalue weighted by Crippen LogP contribution is 2.30. The van der Waals surface area contributed by atoms with Crippen molar-refractivity contribution >= 4 is 34.0 Å². The number of anilines is 1. The van der Waals surface area contributed by atoms with Crippen LogP contribution in [0.3, 0.4) is 0 Å². The van der Waals surface area contributed by atoms with Crippen molar-refractivity contribution in [1.82, 2.24) is 4.37 Å². The van der Waals surface area contributed by atoms with Crippen LogP contribution in [-0.2, 0) is 17.6 Å². The monoisotopic (exact) mass is 397 g/mol. The lowest BCUT2D eigenvalue weighted by Crippen LogP contribution is -2.13. The van der Waals surface area contributed by atoms with Crippen molar-refractivity contribution in [3.63, 3.8) is 0 Å². The van der Waals surface area contributed by atoms with Gasteiger partial charge in [0.25, 0.3) is 0 Å². The van der Waals surface area contributed by atoms with Gasteiger partial charge in [-0.25, -0.2) is 0 Å². The largest absolute Gasteiger partial charge is 0.457 e. The van der Waals surface area contributed by atoms with Gasteiger partial charge in [-0.3, -0.25) is 4.79 Å². The van der Waals surface area contributed by atoms with E-state index in [1.54, 1.807) is 36.4 Å². The maximum Gasteiger partial charge on any atom is 0.229 e. The molecule has 3 rings (SSSR count). The molecule has 1 N–H and O–H groups in total. The zero-order valence-corrected chi connectivity index (χ0v) is 16.1. The lowest BCUT2D eigenvalue weighted by molar-refractivity contribution is -0.115. The van der Waals surface area contributed by atoms with Gasteiger partial charge in [-0.05, 0) is 59.9 Å². The van der Waals surface area contributed by atoms with Crippen molar-refractivity contribution in [2.24, 2.45) is 0 Å². The Labute approximate surface area is 166 Å². The van der Waals surface area contributed by atoms with Crippen LogP contribution in [-0.4, -0.2) is 10.3 Å². The number of aryl methyl sites for hydroxylation is 1. The van der Waals surface area contributed by atoms with Gasteiger partial charge in [0.05, 0.1) is 28.8 Å². The Bertz CT molecular complexity index is 976. The second kappa shape index (κ2) is 8.67. The van der Waals surface area contributed by atoms with Crippen molar-refractivity contribution < 1.29 is 9.53 Å². The summed E-state index contributed by atoms with van der Waals surface area (Å²) in [4.78, 5) is 12.2. The summed E-state index contributed by atoms with van der Waals surface area (Å²) < 4.78 is 9.95. The van der Waals surface area contributed by atoms with Crippen LogP contribution < -0.4 is 10.1 Å². The maximum absolute atomic E-state index is 12.2. The highest BCUT2D eigenvalue weighted by molar-refractivity contribution is 7.11. The summed E-state index contributed by atoms with van der Waals surface area (Å²) in [6.45, 7) is 1.97. The Morgan fingerprint density at radius 1 is 1.19 bits per heavy atom. The Hall–Kier alpha value is -2.88. The Morgan fingerprint density at radius 3 is 2.37 bits per heavy atom. The van der Waals surface area contributed by atoms with Crippen LogP contribution in [0.5, 0.6) is 11.5 Å². The summed E-state index contributed by atoms with van der Waals surface area (Å²) in [5, 5.41) is 12.7. The van der Waals surface area contributed by atoms with Gasteiger partial charge in [-0.2, -0.15) is 9.64 Å². The molecule has 0 unspecified atom stereocenters. The van der Waals surface area contributed by atoms with E-state index >= 15 is 0 Å². The summed E-state index contributed by atoms with van der Waals surface area (Å²) in [6.07, 6.45) is 0.957. The van der Waals surface area contributed by atoms with E-state index < -0.39 is 0 Å². The molecular formula is C20H16ClN3O2S. The van der Waals surface area contributed by atoms with Crippen LogP contribution in [0.2, 0.25) is 5.02 Å². The Kier molecular flexibility index (Phi) is 6.07. The molecule has 0 atom stereocenters. The molecule has 5 nitrogen and oxygen atoms in total. The number of carbonyl (C=O) groups is 1. The van der Waals surface area contributed by atoms with Crippen LogP contribution in [0, 0.1) is 11.3 Å². The minimum absolute atomic E-state index is 0.149. The fraction of sp³-hybridized carbons (Fsp3) is 0.150. The van der Waals surface area contributed by atoms with Crippen molar-refractivity contribution in [3.8, 4) is 17.6 Å². The van der Waals surface area contributed by atoms with E-state index in [1.165, 1.54) is 11.5 Å². The lowest BCUT2D eigenvalue weighted by Gasteiger charge is -2.07. The second-order valence-electron chi connectivity index (χ2n) is 5.73. The molecule has 0 fully saturated rings. The molecule has 0 saturated carbocycles. The molecule has 7 heteroatoms. The van der Waals surface area contributed by atoms with Crippen LogP contribution in [0.25, 0.3) is 0 Å². The first-order chi connectivity index (χ1) is 13.1. The quantitative estimate of drug-likeness (QED) is 0.619. The van der Waals surface area contributed by atoms with Crippen molar-refractivity contribution in [2.45, 2.75) is 19.8 Å². The molecule has 0 aliphatic rings. The molecular weight excluding hydrogens is 382 g/mol. The van der Waals surface area contributed by atoms with Gasteiger partial charge in [0.2, 0.25) is 5.91 Å². The summed E-state index contributed by atoms with van der Waals surface area (Å²) in [5.74, 6) is 1.15. The Morgan fingerprint density at radius 2 is 1.81 bits per heavy atom. The minimum Gasteiger partial charge on any atom is -0.457 e. The number of benzene rings is 2. The first-order valence-corrected chi connectivity index (χ1v) is 9.45. The summed E-state index contributed by atoms with van der Waals surface area (Å²) in [5.41, 5.74) is 2.23. The van der Waals surface area contributed by atoms with Gasteiger partial charge in [0.1, 0.15) is 16.5 Å². The number of carbonyl (C=O) groups excluding carboxylic acids is 1. The van der Waals surface area contributed by atoms with Gasteiger partial charge in [0.15, 0.2) is 0 Å². The van der Waals surface area contributed by atoms with Crippen molar-refractivity contribution in [3.05, 3.63) is 70.4 Å². The number of halogens is 1. The molecule has 27 heavy (non-hydrogen) atoms. The average molecular weight is 398 g/mol. The molecule has 0 aliphatic heterocycles. The lowest BCUT2D eigenvalue weighted by atomic mass is 10.1. The van der Waals surface area contributed by atoms with E-state index in [4.69, 9.17) is 21.6 Å². The third-order valence-electron chi connectivity index (χ3n) is 3.79. The fourth-order valence-corrected chi connectivity index (χ4v) is 3.53. The molecule has 1 heterocycles. The molecule has 3 aromatic rings.